The van der Waals surface area contributed by atoms with Gasteiger partial charge in [-0.05, 0) is 56.9 Å². The van der Waals surface area contributed by atoms with Gasteiger partial charge in [-0.25, -0.2) is 0 Å². The molecule has 0 aromatic carbocycles. The average Bonchev–Trinajstić information content (AvgIpc) is 2.67. The third-order valence-electron chi connectivity index (χ3n) is 2.83. The van der Waals surface area contributed by atoms with Crippen molar-refractivity contribution in [2.24, 2.45) is 0 Å². The van der Waals surface area contributed by atoms with Crippen LogP contribution < -0.4 is 5.32 Å². The first kappa shape index (κ1) is 12.6. The van der Waals surface area contributed by atoms with E-state index in [4.69, 9.17) is 12.2 Å². The molecule has 0 fully saturated rings. The van der Waals surface area contributed by atoms with Crippen molar-refractivity contribution in [1.82, 2.24) is 10.2 Å². The maximum Gasteiger partial charge on any atom is 0.173 e. The highest BCUT2D eigenvalue weighted by Crippen LogP contribution is 2.20. The Bertz CT molecular complexity index is 432. The zero-order chi connectivity index (χ0) is 12.5. The monoisotopic (exact) mass is 266 g/mol. The molecular formula is C13H18N2S2. The molecule has 0 amide bonds. The fourth-order valence-electron chi connectivity index (χ4n) is 2.09. The summed E-state index contributed by atoms with van der Waals surface area (Å²) >= 11 is 7.23. The van der Waals surface area contributed by atoms with Gasteiger partial charge in [0, 0.05) is 17.1 Å². The van der Waals surface area contributed by atoms with Crippen LogP contribution in [0.25, 0.3) is 0 Å². The summed E-state index contributed by atoms with van der Waals surface area (Å²) in [6.45, 7) is 7.35. The summed E-state index contributed by atoms with van der Waals surface area (Å²) in [6, 6.07) is 4.27. The second kappa shape index (κ2) is 4.78. The van der Waals surface area contributed by atoms with Crippen molar-refractivity contribution >= 4 is 28.7 Å². The predicted octanol–water partition coefficient (Wildman–Crippen LogP) is 3.16. The average molecular weight is 266 g/mol. The second-order valence-corrected chi connectivity index (χ2v) is 6.34. The molecule has 0 bridgehead atoms. The summed E-state index contributed by atoms with van der Waals surface area (Å²) in [7, 11) is 0. The van der Waals surface area contributed by atoms with Crippen molar-refractivity contribution in [3.63, 3.8) is 0 Å². The van der Waals surface area contributed by atoms with E-state index in [1.165, 1.54) is 10.6 Å². The minimum absolute atomic E-state index is 0.0272. The molecule has 4 heteroatoms. The molecular weight excluding hydrogens is 248 g/mol. The maximum atomic E-state index is 5.43. The summed E-state index contributed by atoms with van der Waals surface area (Å²) < 4.78 is 0. The third kappa shape index (κ3) is 3.07. The molecule has 0 aliphatic carbocycles. The molecule has 0 saturated heterocycles. The molecule has 0 saturated carbocycles. The molecule has 1 N–H and O–H groups in total. The molecule has 1 aromatic rings. The van der Waals surface area contributed by atoms with E-state index in [2.05, 4.69) is 54.6 Å². The van der Waals surface area contributed by atoms with E-state index in [0.29, 0.717) is 0 Å². The van der Waals surface area contributed by atoms with E-state index in [-0.39, 0.29) is 5.54 Å². The summed E-state index contributed by atoms with van der Waals surface area (Å²) in [5, 5.41) is 6.31. The summed E-state index contributed by atoms with van der Waals surface area (Å²) in [6.07, 6.45) is 3.28. The molecule has 2 nitrogen and oxygen atoms in total. The van der Waals surface area contributed by atoms with Gasteiger partial charge < -0.3 is 10.2 Å². The lowest BCUT2D eigenvalue weighted by Gasteiger charge is -2.38. The van der Waals surface area contributed by atoms with Crippen LogP contribution in [-0.2, 0) is 6.42 Å². The minimum Gasteiger partial charge on any atom is -0.354 e. The third-order valence-corrected chi connectivity index (χ3v) is 4.09. The first-order chi connectivity index (χ1) is 7.98. The highest BCUT2D eigenvalue weighted by atomic mass is 32.1. The van der Waals surface area contributed by atoms with Gasteiger partial charge >= 0.3 is 0 Å². The van der Waals surface area contributed by atoms with Gasteiger partial charge in [-0.1, -0.05) is 6.07 Å². The normalized spacial score (nSPS) is 18.9. The lowest BCUT2D eigenvalue weighted by Crippen LogP contribution is -2.53. The van der Waals surface area contributed by atoms with Crippen LogP contribution in [0.15, 0.2) is 29.3 Å². The van der Waals surface area contributed by atoms with Gasteiger partial charge in [-0.3, -0.25) is 0 Å². The molecule has 1 aromatic heterocycles. The lowest BCUT2D eigenvalue weighted by atomic mass is 10.0. The van der Waals surface area contributed by atoms with E-state index >= 15 is 0 Å². The quantitative estimate of drug-likeness (QED) is 0.846. The van der Waals surface area contributed by atoms with E-state index in [9.17, 15) is 0 Å². The van der Waals surface area contributed by atoms with Crippen molar-refractivity contribution in [2.45, 2.75) is 32.7 Å². The van der Waals surface area contributed by atoms with Crippen LogP contribution in [-0.4, -0.2) is 22.1 Å². The van der Waals surface area contributed by atoms with Crippen LogP contribution in [0, 0.1) is 0 Å². The van der Waals surface area contributed by atoms with Crippen molar-refractivity contribution in [3.8, 4) is 0 Å². The van der Waals surface area contributed by atoms with E-state index < -0.39 is 0 Å². The van der Waals surface area contributed by atoms with Gasteiger partial charge in [0.1, 0.15) is 0 Å². The predicted molar refractivity (Wildman–Crippen MR) is 78.3 cm³/mol. The second-order valence-electron chi connectivity index (χ2n) is 4.92. The number of thiophene rings is 1. The van der Waals surface area contributed by atoms with Crippen LogP contribution >= 0.6 is 23.6 Å². The van der Waals surface area contributed by atoms with E-state index in [1.807, 2.05) is 0 Å². The number of allylic oxidation sites excluding steroid dienone is 1. The Kier molecular flexibility index (Phi) is 3.54. The SMILES string of the molecule is CC1=CC(C)(C)NC(=S)N1CCc1cccs1. The number of nitrogens with zero attached hydrogens (tertiary/aromatic N) is 1. The van der Waals surface area contributed by atoms with Crippen molar-refractivity contribution in [3.05, 3.63) is 34.2 Å². The number of rotatable bonds is 3. The van der Waals surface area contributed by atoms with Crippen LogP contribution in [0.2, 0.25) is 0 Å². The van der Waals surface area contributed by atoms with Crippen LogP contribution in [0.5, 0.6) is 0 Å². The van der Waals surface area contributed by atoms with Crippen molar-refractivity contribution in [2.75, 3.05) is 6.54 Å². The fraction of sp³-hybridized carbons (Fsp3) is 0.462. The minimum atomic E-state index is -0.0272. The van der Waals surface area contributed by atoms with Gasteiger partial charge in [-0.2, -0.15) is 0 Å². The molecule has 1 aliphatic heterocycles. The number of hydrogen-bond donors (Lipinski definition) is 1. The van der Waals surface area contributed by atoms with E-state index in [0.717, 1.165) is 18.1 Å². The van der Waals surface area contributed by atoms with Gasteiger partial charge in [-0.15, -0.1) is 11.3 Å². The van der Waals surface area contributed by atoms with Gasteiger partial charge in [0.25, 0.3) is 0 Å². The highest BCUT2D eigenvalue weighted by Gasteiger charge is 2.26. The highest BCUT2D eigenvalue weighted by molar-refractivity contribution is 7.80. The number of nitrogens with one attached hydrogen (secondary N) is 1. The van der Waals surface area contributed by atoms with Crippen molar-refractivity contribution < 1.29 is 0 Å². The molecule has 0 spiro atoms. The summed E-state index contributed by atoms with van der Waals surface area (Å²) in [4.78, 5) is 3.59. The van der Waals surface area contributed by atoms with Gasteiger partial charge in [0.2, 0.25) is 0 Å². The van der Waals surface area contributed by atoms with Crippen LogP contribution in [0.3, 0.4) is 0 Å². The Morgan fingerprint density at radius 2 is 2.24 bits per heavy atom. The van der Waals surface area contributed by atoms with Crippen LogP contribution in [0.4, 0.5) is 0 Å². The van der Waals surface area contributed by atoms with Gasteiger partial charge in [0.05, 0.1) is 5.54 Å². The Morgan fingerprint density at radius 3 is 2.82 bits per heavy atom. The Balaban J connectivity index is 2.04. The molecule has 0 radical (unpaired) electrons. The number of hydrogen-bond acceptors (Lipinski definition) is 2. The number of thiocarbonyl (C=S) groups is 1. The standard InChI is InChI=1S/C13H18N2S2/c1-10-9-13(2,3)14-12(16)15(10)7-6-11-5-4-8-17-11/h4-5,8-9H,6-7H2,1-3H3,(H,14,16). The first-order valence-electron chi connectivity index (χ1n) is 5.79. The lowest BCUT2D eigenvalue weighted by molar-refractivity contribution is 0.430. The van der Waals surface area contributed by atoms with Crippen molar-refractivity contribution in [1.29, 1.82) is 0 Å². The molecule has 0 unspecified atom stereocenters. The maximum absolute atomic E-state index is 5.43. The largest absolute Gasteiger partial charge is 0.354 e. The topological polar surface area (TPSA) is 15.3 Å². The molecule has 1 aliphatic rings. The zero-order valence-electron chi connectivity index (χ0n) is 10.5. The Morgan fingerprint density at radius 1 is 1.47 bits per heavy atom. The van der Waals surface area contributed by atoms with Gasteiger partial charge in [0.15, 0.2) is 5.11 Å². The molecule has 2 heterocycles. The molecule has 2 rings (SSSR count). The molecule has 17 heavy (non-hydrogen) atoms. The van der Waals surface area contributed by atoms with Crippen LogP contribution in [0.1, 0.15) is 25.6 Å². The summed E-state index contributed by atoms with van der Waals surface area (Å²) in [5.41, 5.74) is 1.22. The van der Waals surface area contributed by atoms with E-state index in [1.54, 1.807) is 11.3 Å². The first-order valence-corrected chi connectivity index (χ1v) is 7.08. The zero-order valence-corrected chi connectivity index (χ0v) is 12.1. The fourth-order valence-corrected chi connectivity index (χ4v) is 3.29. The smallest absolute Gasteiger partial charge is 0.173 e. The Labute approximate surface area is 112 Å². The summed E-state index contributed by atoms with van der Waals surface area (Å²) in [5.74, 6) is 0. The molecule has 92 valence electrons. The Hall–Kier alpha value is -0.870. The molecule has 0 atom stereocenters.